The van der Waals surface area contributed by atoms with Crippen molar-refractivity contribution in [3.05, 3.63) is 64.0 Å². The number of likely N-dealkylation sites (tertiary alicyclic amines) is 1. The van der Waals surface area contributed by atoms with Gasteiger partial charge in [-0.15, -0.1) is 0 Å². The molecule has 2 aromatic heterocycles. The van der Waals surface area contributed by atoms with Crippen LogP contribution in [0.15, 0.2) is 30.7 Å². The number of benzene rings is 1. The summed E-state index contributed by atoms with van der Waals surface area (Å²) in [6.07, 6.45) is 9.72. The molecule has 1 saturated heterocycles. The molecule has 0 bridgehead atoms. The molecule has 2 amide bonds. The van der Waals surface area contributed by atoms with E-state index in [4.69, 9.17) is 16.3 Å². The molecule has 5 heterocycles. The van der Waals surface area contributed by atoms with Crippen molar-refractivity contribution >= 4 is 23.4 Å². The van der Waals surface area contributed by atoms with Crippen molar-refractivity contribution in [1.29, 1.82) is 0 Å². The first kappa shape index (κ1) is 23.2. The Bertz CT molecular complexity index is 1310. The first-order chi connectivity index (χ1) is 17.6. The lowest BCUT2D eigenvalue weighted by molar-refractivity contribution is 0.0683. The standard InChI is InChI=1S/C26H29ClN6O3/c27-23-17(26(35)31-10-3-1-4-11-31)7-6-9-20(23)33-22-15-36-14-19(18(22)13-29-33)30-25(34)24-21-8-2-5-12-32(21)16-28-24/h6-7,9,13,16,19H,1-5,8,10-12,14-15H2,(H,30,34)/t19-/m1/s1. The number of piperidine rings is 1. The number of fused-ring (bicyclic) bond motifs is 2. The predicted molar refractivity (Wildman–Crippen MR) is 133 cm³/mol. The number of imidazole rings is 1. The minimum Gasteiger partial charge on any atom is -0.373 e. The van der Waals surface area contributed by atoms with Crippen LogP contribution < -0.4 is 5.32 Å². The summed E-state index contributed by atoms with van der Waals surface area (Å²) >= 11 is 6.78. The van der Waals surface area contributed by atoms with E-state index in [1.807, 2.05) is 17.0 Å². The largest absolute Gasteiger partial charge is 0.373 e. The summed E-state index contributed by atoms with van der Waals surface area (Å²) in [6.45, 7) is 3.10. The van der Waals surface area contributed by atoms with Crippen molar-refractivity contribution in [2.75, 3.05) is 19.7 Å². The van der Waals surface area contributed by atoms with Gasteiger partial charge in [-0.1, -0.05) is 17.7 Å². The number of ether oxygens (including phenoxy) is 1. The van der Waals surface area contributed by atoms with Crippen LogP contribution in [0.1, 0.15) is 75.9 Å². The Morgan fingerprint density at radius 2 is 1.89 bits per heavy atom. The third-order valence-electron chi connectivity index (χ3n) is 7.41. The molecular formula is C26H29ClN6O3. The van der Waals surface area contributed by atoms with Gasteiger partial charge in [-0.3, -0.25) is 9.59 Å². The Morgan fingerprint density at radius 3 is 2.75 bits per heavy atom. The van der Waals surface area contributed by atoms with Gasteiger partial charge in [0, 0.05) is 25.2 Å². The number of hydrogen-bond acceptors (Lipinski definition) is 5. The van der Waals surface area contributed by atoms with Gasteiger partial charge in [0.15, 0.2) is 0 Å². The highest BCUT2D eigenvalue weighted by Gasteiger charge is 2.30. The van der Waals surface area contributed by atoms with Gasteiger partial charge in [0.05, 0.1) is 59.4 Å². The number of rotatable bonds is 4. The van der Waals surface area contributed by atoms with Crippen molar-refractivity contribution in [1.82, 2.24) is 29.5 Å². The molecule has 1 atom stereocenters. The fourth-order valence-corrected chi connectivity index (χ4v) is 5.77. The molecule has 0 saturated carbocycles. The molecule has 0 unspecified atom stereocenters. The van der Waals surface area contributed by atoms with Crippen molar-refractivity contribution in [3.8, 4) is 5.69 Å². The lowest BCUT2D eigenvalue weighted by atomic mass is 10.0. The van der Waals surface area contributed by atoms with E-state index in [0.717, 1.165) is 75.1 Å². The van der Waals surface area contributed by atoms with E-state index in [1.165, 1.54) is 0 Å². The minimum atomic E-state index is -0.354. The number of nitrogens with zero attached hydrogens (tertiary/aromatic N) is 5. The van der Waals surface area contributed by atoms with Crippen LogP contribution in [0.25, 0.3) is 5.69 Å². The van der Waals surface area contributed by atoms with Gasteiger partial charge in [-0.2, -0.15) is 5.10 Å². The second-order valence-corrected chi connectivity index (χ2v) is 10.1. The van der Waals surface area contributed by atoms with Crippen LogP contribution in [0.5, 0.6) is 0 Å². The Labute approximate surface area is 214 Å². The Hall–Kier alpha value is -3.17. The second kappa shape index (κ2) is 9.71. The number of hydrogen-bond donors (Lipinski definition) is 1. The predicted octanol–water partition coefficient (Wildman–Crippen LogP) is 3.69. The summed E-state index contributed by atoms with van der Waals surface area (Å²) in [6, 6.07) is 5.09. The summed E-state index contributed by atoms with van der Waals surface area (Å²) in [4.78, 5) is 32.5. The molecule has 9 nitrogen and oxygen atoms in total. The quantitative estimate of drug-likeness (QED) is 0.580. The van der Waals surface area contributed by atoms with Crippen LogP contribution in [0.3, 0.4) is 0 Å². The Balaban J connectivity index is 1.26. The lowest BCUT2D eigenvalue weighted by Gasteiger charge is -2.27. The molecule has 10 heteroatoms. The summed E-state index contributed by atoms with van der Waals surface area (Å²) in [5, 5.41) is 8.05. The van der Waals surface area contributed by atoms with E-state index in [0.29, 0.717) is 35.2 Å². The van der Waals surface area contributed by atoms with E-state index in [2.05, 4.69) is 20.0 Å². The fraction of sp³-hybridized carbons (Fsp3) is 0.462. The molecule has 36 heavy (non-hydrogen) atoms. The van der Waals surface area contributed by atoms with E-state index < -0.39 is 0 Å². The zero-order valence-electron chi connectivity index (χ0n) is 20.1. The molecule has 6 rings (SSSR count). The van der Waals surface area contributed by atoms with Crippen molar-refractivity contribution in [3.63, 3.8) is 0 Å². The second-order valence-electron chi connectivity index (χ2n) is 9.68. The average Bonchev–Trinajstić information content (AvgIpc) is 3.54. The van der Waals surface area contributed by atoms with Gasteiger partial charge < -0.3 is 19.5 Å². The number of amides is 2. The average molecular weight is 509 g/mol. The Kier molecular flexibility index (Phi) is 6.27. The number of carbonyl (C=O) groups excluding carboxylic acids is 2. The zero-order valence-corrected chi connectivity index (χ0v) is 20.8. The van der Waals surface area contributed by atoms with E-state index in [-0.39, 0.29) is 17.9 Å². The third-order valence-corrected chi connectivity index (χ3v) is 7.81. The summed E-state index contributed by atoms with van der Waals surface area (Å²) in [5.74, 6) is -0.251. The molecule has 3 aliphatic heterocycles. The number of aromatic nitrogens is 4. The number of carbonyl (C=O) groups is 2. The van der Waals surface area contributed by atoms with E-state index in [1.54, 1.807) is 23.3 Å². The molecule has 3 aliphatic rings. The van der Waals surface area contributed by atoms with Crippen LogP contribution in [0.2, 0.25) is 5.02 Å². The van der Waals surface area contributed by atoms with Gasteiger partial charge in [0.25, 0.3) is 11.8 Å². The topological polar surface area (TPSA) is 94.3 Å². The summed E-state index contributed by atoms with van der Waals surface area (Å²) in [7, 11) is 0. The molecule has 1 aromatic carbocycles. The van der Waals surface area contributed by atoms with E-state index >= 15 is 0 Å². The van der Waals surface area contributed by atoms with Gasteiger partial charge in [0.2, 0.25) is 0 Å². The Morgan fingerprint density at radius 1 is 1.06 bits per heavy atom. The first-order valence-electron chi connectivity index (χ1n) is 12.7. The third kappa shape index (κ3) is 4.10. The van der Waals surface area contributed by atoms with Crippen LogP contribution in [-0.4, -0.2) is 55.7 Å². The zero-order chi connectivity index (χ0) is 24.6. The van der Waals surface area contributed by atoms with Gasteiger partial charge in [0.1, 0.15) is 5.69 Å². The normalized spacial score (nSPS) is 19.5. The maximum absolute atomic E-state index is 13.2. The van der Waals surface area contributed by atoms with Gasteiger partial charge in [-0.25, -0.2) is 9.67 Å². The molecule has 0 aliphatic carbocycles. The summed E-state index contributed by atoms with van der Waals surface area (Å²) in [5.41, 5.74) is 4.27. The maximum Gasteiger partial charge on any atom is 0.272 e. The van der Waals surface area contributed by atoms with Crippen molar-refractivity contribution in [2.45, 2.75) is 57.7 Å². The molecule has 3 aromatic rings. The minimum absolute atomic E-state index is 0.0487. The monoisotopic (exact) mass is 508 g/mol. The molecule has 0 spiro atoms. The summed E-state index contributed by atoms with van der Waals surface area (Å²) < 4.78 is 9.65. The molecule has 0 radical (unpaired) electrons. The molecular weight excluding hydrogens is 480 g/mol. The number of nitrogens with one attached hydrogen (secondary N) is 1. The van der Waals surface area contributed by atoms with Crippen LogP contribution in [-0.2, 0) is 24.3 Å². The smallest absolute Gasteiger partial charge is 0.272 e. The highest BCUT2D eigenvalue weighted by atomic mass is 35.5. The number of aryl methyl sites for hydroxylation is 1. The van der Waals surface area contributed by atoms with E-state index in [9.17, 15) is 9.59 Å². The highest BCUT2D eigenvalue weighted by molar-refractivity contribution is 6.35. The SMILES string of the molecule is O=C(N[C@@H]1COCc2c1cnn2-c1cccc(C(=O)N2CCCCC2)c1Cl)c1ncn2c1CCCC2. The van der Waals surface area contributed by atoms with Crippen molar-refractivity contribution in [2.24, 2.45) is 0 Å². The molecule has 188 valence electrons. The number of halogens is 1. The van der Waals surface area contributed by atoms with Crippen LogP contribution >= 0.6 is 11.6 Å². The first-order valence-corrected chi connectivity index (χ1v) is 13.1. The van der Waals surface area contributed by atoms with Crippen molar-refractivity contribution < 1.29 is 14.3 Å². The van der Waals surface area contributed by atoms with Gasteiger partial charge >= 0.3 is 0 Å². The highest BCUT2D eigenvalue weighted by Crippen LogP contribution is 2.32. The van der Waals surface area contributed by atoms with Crippen LogP contribution in [0.4, 0.5) is 0 Å². The van der Waals surface area contributed by atoms with Gasteiger partial charge in [-0.05, 0) is 50.7 Å². The van der Waals surface area contributed by atoms with Crippen LogP contribution in [0, 0.1) is 0 Å². The molecule has 1 N–H and O–H groups in total. The fourth-order valence-electron chi connectivity index (χ4n) is 5.48. The maximum atomic E-state index is 13.2. The lowest BCUT2D eigenvalue weighted by Crippen LogP contribution is -2.36. The molecule has 1 fully saturated rings.